The molecule has 0 heterocycles. The Morgan fingerprint density at radius 1 is 1.40 bits per heavy atom. The molecule has 1 aliphatic carbocycles. The third-order valence-corrected chi connectivity index (χ3v) is 2.14. The van der Waals surface area contributed by atoms with Gasteiger partial charge in [-0.1, -0.05) is 0 Å². The third kappa shape index (κ3) is 2.27. The SMILES string of the molecule is CN(C)CC1CCC(O)C1. The van der Waals surface area contributed by atoms with Crippen LogP contribution in [0.25, 0.3) is 0 Å². The van der Waals surface area contributed by atoms with E-state index in [1.54, 1.807) is 0 Å². The Morgan fingerprint density at radius 2 is 2.10 bits per heavy atom. The summed E-state index contributed by atoms with van der Waals surface area (Å²) < 4.78 is 0. The molecule has 2 unspecified atom stereocenters. The molecule has 0 amide bonds. The lowest BCUT2D eigenvalue weighted by Crippen LogP contribution is -2.20. The molecule has 2 nitrogen and oxygen atoms in total. The summed E-state index contributed by atoms with van der Waals surface area (Å²) >= 11 is 0. The first kappa shape index (κ1) is 8.02. The van der Waals surface area contributed by atoms with Crippen molar-refractivity contribution in [1.29, 1.82) is 0 Å². The second-order valence-electron chi connectivity index (χ2n) is 3.60. The van der Waals surface area contributed by atoms with Gasteiger partial charge in [0.25, 0.3) is 0 Å². The molecule has 0 saturated heterocycles. The third-order valence-electron chi connectivity index (χ3n) is 2.14. The molecule has 2 atom stereocenters. The zero-order valence-corrected chi connectivity index (χ0v) is 6.88. The van der Waals surface area contributed by atoms with E-state index >= 15 is 0 Å². The van der Waals surface area contributed by atoms with Crippen molar-refractivity contribution in [2.45, 2.75) is 25.4 Å². The van der Waals surface area contributed by atoms with Gasteiger partial charge in [0.2, 0.25) is 0 Å². The van der Waals surface area contributed by atoms with Gasteiger partial charge in [-0.05, 0) is 39.3 Å². The number of aliphatic hydroxyl groups excluding tert-OH is 1. The van der Waals surface area contributed by atoms with Crippen LogP contribution in [0.1, 0.15) is 19.3 Å². The first-order valence-corrected chi connectivity index (χ1v) is 4.01. The van der Waals surface area contributed by atoms with Crippen molar-refractivity contribution < 1.29 is 5.11 Å². The maximum atomic E-state index is 9.19. The highest BCUT2D eigenvalue weighted by Crippen LogP contribution is 2.25. The summed E-state index contributed by atoms with van der Waals surface area (Å²) in [5, 5.41) is 9.19. The molecular weight excluding hydrogens is 126 g/mol. The number of nitrogens with zero attached hydrogens (tertiary/aromatic N) is 1. The molecule has 1 N–H and O–H groups in total. The van der Waals surface area contributed by atoms with E-state index in [2.05, 4.69) is 19.0 Å². The number of hydrogen-bond acceptors (Lipinski definition) is 2. The van der Waals surface area contributed by atoms with Crippen molar-refractivity contribution in [2.24, 2.45) is 5.92 Å². The Labute approximate surface area is 62.8 Å². The predicted molar refractivity (Wildman–Crippen MR) is 41.9 cm³/mol. The maximum absolute atomic E-state index is 9.19. The highest BCUT2D eigenvalue weighted by Gasteiger charge is 2.22. The van der Waals surface area contributed by atoms with Crippen molar-refractivity contribution in [3.8, 4) is 0 Å². The van der Waals surface area contributed by atoms with Gasteiger partial charge in [-0.3, -0.25) is 0 Å². The second-order valence-corrected chi connectivity index (χ2v) is 3.60. The smallest absolute Gasteiger partial charge is 0.0543 e. The Morgan fingerprint density at radius 3 is 2.50 bits per heavy atom. The van der Waals surface area contributed by atoms with Crippen LogP contribution in [0, 0.1) is 5.92 Å². The van der Waals surface area contributed by atoms with Gasteiger partial charge in [0.05, 0.1) is 6.10 Å². The zero-order valence-electron chi connectivity index (χ0n) is 6.88. The summed E-state index contributed by atoms with van der Waals surface area (Å²) in [4.78, 5) is 2.20. The van der Waals surface area contributed by atoms with Crippen LogP contribution in [0.5, 0.6) is 0 Å². The fourth-order valence-electron chi connectivity index (χ4n) is 1.73. The summed E-state index contributed by atoms with van der Waals surface area (Å²) in [6.07, 6.45) is 3.22. The summed E-state index contributed by atoms with van der Waals surface area (Å²) in [7, 11) is 4.18. The molecule has 2 heteroatoms. The minimum Gasteiger partial charge on any atom is -0.393 e. The van der Waals surface area contributed by atoms with Crippen LogP contribution in [0.4, 0.5) is 0 Å². The summed E-state index contributed by atoms with van der Waals surface area (Å²) in [6, 6.07) is 0. The van der Waals surface area contributed by atoms with Crippen molar-refractivity contribution in [3.05, 3.63) is 0 Å². The van der Waals surface area contributed by atoms with Gasteiger partial charge in [-0.15, -0.1) is 0 Å². The lowest BCUT2D eigenvalue weighted by Gasteiger charge is -2.14. The molecule has 0 aliphatic heterocycles. The van der Waals surface area contributed by atoms with E-state index in [-0.39, 0.29) is 6.10 Å². The van der Waals surface area contributed by atoms with Crippen molar-refractivity contribution in [1.82, 2.24) is 4.90 Å². The van der Waals surface area contributed by atoms with Gasteiger partial charge in [0, 0.05) is 6.54 Å². The Hall–Kier alpha value is -0.0800. The second kappa shape index (κ2) is 3.35. The number of rotatable bonds is 2. The van der Waals surface area contributed by atoms with Gasteiger partial charge in [-0.2, -0.15) is 0 Å². The molecule has 0 radical (unpaired) electrons. The van der Waals surface area contributed by atoms with Crippen LogP contribution in [-0.4, -0.2) is 36.8 Å². The van der Waals surface area contributed by atoms with Crippen LogP contribution in [0.2, 0.25) is 0 Å². The highest BCUT2D eigenvalue weighted by molar-refractivity contribution is 4.75. The molecule has 1 fully saturated rings. The molecule has 0 aromatic heterocycles. The van der Waals surface area contributed by atoms with E-state index in [0.29, 0.717) is 0 Å². The Balaban J connectivity index is 2.18. The molecule has 0 bridgehead atoms. The normalized spacial score (nSPS) is 33.6. The highest BCUT2D eigenvalue weighted by atomic mass is 16.3. The summed E-state index contributed by atoms with van der Waals surface area (Å²) in [6.45, 7) is 1.14. The molecule has 1 rings (SSSR count). The predicted octanol–water partition coefficient (Wildman–Crippen LogP) is 0.709. The van der Waals surface area contributed by atoms with Gasteiger partial charge >= 0.3 is 0 Å². The average Bonchev–Trinajstić information content (AvgIpc) is 2.13. The van der Waals surface area contributed by atoms with Gasteiger partial charge in [0.1, 0.15) is 0 Å². The molecule has 60 valence electrons. The molecule has 0 aromatic rings. The first-order valence-electron chi connectivity index (χ1n) is 4.01. The van der Waals surface area contributed by atoms with Gasteiger partial charge < -0.3 is 10.0 Å². The lowest BCUT2D eigenvalue weighted by atomic mass is 10.1. The molecule has 1 aliphatic rings. The summed E-state index contributed by atoms with van der Waals surface area (Å²) in [5.41, 5.74) is 0. The Kier molecular flexibility index (Phi) is 2.69. The fraction of sp³-hybridized carbons (Fsp3) is 1.00. The molecule has 10 heavy (non-hydrogen) atoms. The molecule has 1 saturated carbocycles. The number of hydrogen-bond donors (Lipinski definition) is 1. The molecule has 0 spiro atoms. The monoisotopic (exact) mass is 143 g/mol. The maximum Gasteiger partial charge on any atom is 0.0543 e. The van der Waals surface area contributed by atoms with Gasteiger partial charge in [-0.25, -0.2) is 0 Å². The van der Waals surface area contributed by atoms with E-state index in [0.717, 1.165) is 25.3 Å². The standard InChI is InChI=1S/C8H17NO/c1-9(2)6-7-3-4-8(10)5-7/h7-8,10H,3-6H2,1-2H3. The minimum atomic E-state index is -0.00931. The van der Waals surface area contributed by atoms with Gasteiger partial charge in [0.15, 0.2) is 0 Å². The zero-order chi connectivity index (χ0) is 7.56. The molecule has 0 aromatic carbocycles. The lowest BCUT2D eigenvalue weighted by molar-refractivity contribution is 0.174. The fourth-order valence-corrected chi connectivity index (χ4v) is 1.73. The van der Waals surface area contributed by atoms with Crippen LogP contribution >= 0.6 is 0 Å². The topological polar surface area (TPSA) is 23.5 Å². The quantitative estimate of drug-likeness (QED) is 0.615. The van der Waals surface area contributed by atoms with Crippen LogP contribution in [0.3, 0.4) is 0 Å². The van der Waals surface area contributed by atoms with E-state index in [4.69, 9.17) is 0 Å². The van der Waals surface area contributed by atoms with E-state index in [1.807, 2.05) is 0 Å². The number of aliphatic hydroxyl groups is 1. The van der Waals surface area contributed by atoms with Crippen LogP contribution in [0.15, 0.2) is 0 Å². The largest absolute Gasteiger partial charge is 0.393 e. The summed E-state index contributed by atoms with van der Waals surface area (Å²) in [5.74, 6) is 0.741. The van der Waals surface area contributed by atoms with Crippen LogP contribution < -0.4 is 0 Å². The van der Waals surface area contributed by atoms with Crippen LogP contribution in [-0.2, 0) is 0 Å². The average molecular weight is 143 g/mol. The van der Waals surface area contributed by atoms with Crippen molar-refractivity contribution >= 4 is 0 Å². The van der Waals surface area contributed by atoms with E-state index < -0.39 is 0 Å². The first-order chi connectivity index (χ1) is 4.68. The minimum absolute atomic E-state index is 0.00931. The van der Waals surface area contributed by atoms with Crippen molar-refractivity contribution in [3.63, 3.8) is 0 Å². The van der Waals surface area contributed by atoms with E-state index in [9.17, 15) is 5.11 Å². The molecular formula is C8H17NO. The van der Waals surface area contributed by atoms with Crippen molar-refractivity contribution in [2.75, 3.05) is 20.6 Å². The Bertz CT molecular complexity index is 103. The van der Waals surface area contributed by atoms with E-state index in [1.165, 1.54) is 6.42 Å².